The number of nitrogens with one attached hydrogen (secondary N) is 2. The zero-order valence-corrected chi connectivity index (χ0v) is 14.2. The van der Waals surface area contributed by atoms with E-state index in [1.54, 1.807) is 11.3 Å². The van der Waals surface area contributed by atoms with Crippen LogP contribution in [0, 0.1) is 5.92 Å². The molecule has 1 aliphatic rings. The predicted octanol–water partition coefficient (Wildman–Crippen LogP) is 4.10. The van der Waals surface area contributed by atoms with Crippen molar-refractivity contribution in [1.82, 2.24) is 15.3 Å². The van der Waals surface area contributed by atoms with E-state index >= 15 is 0 Å². The number of nitrogens with zero attached hydrogens (tertiary/aromatic N) is 2. The lowest BCUT2D eigenvalue weighted by atomic mass is 9.99. The Hall–Kier alpha value is -2.24. The summed E-state index contributed by atoms with van der Waals surface area (Å²) in [5.74, 6) is 1.61. The van der Waals surface area contributed by atoms with Crippen LogP contribution >= 0.6 is 11.3 Å². The molecule has 4 rings (SSSR count). The van der Waals surface area contributed by atoms with E-state index in [4.69, 9.17) is 0 Å². The van der Waals surface area contributed by atoms with Crippen LogP contribution in [-0.4, -0.2) is 23.1 Å². The van der Waals surface area contributed by atoms with Crippen molar-refractivity contribution >= 4 is 22.3 Å². The lowest BCUT2D eigenvalue weighted by Crippen LogP contribution is -2.10. The van der Waals surface area contributed by atoms with E-state index in [1.807, 2.05) is 30.6 Å². The Morgan fingerprint density at radius 3 is 2.92 bits per heavy atom. The first kappa shape index (κ1) is 15.3. The highest BCUT2D eigenvalue weighted by molar-refractivity contribution is 7.18. The second kappa shape index (κ2) is 7.11. The Balaban J connectivity index is 1.46. The molecule has 5 heteroatoms. The average molecular weight is 336 g/mol. The fraction of sp³-hybridized carbons (Fsp3) is 0.263. The summed E-state index contributed by atoms with van der Waals surface area (Å²) < 4.78 is 0. The Morgan fingerprint density at radius 2 is 2.08 bits per heavy atom. The van der Waals surface area contributed by atoms with Gasteiger partial charge in [0.1, 0.15) is 5.82 Å². The molecule has 1 atom stereocenters. The number of hydrogen-bond acceptors (Lipinski definition) is 5. The summed E-state index contributed by atoms with van der Waals surface area (Å²) >= 11 is 1.65. The molecule has 1 saturated heterocycles. The minimum atomic E-state index is 0.741. The van der Waals surface area contributed by atoms with E-state index < -0.39 is 0 Å². The van der Waals surface area contributed by atoms with E-state index in [-0.39, 0.29) is 0 Å². The minimum absolute atomic E-state index is 0.741. The molecule has 2 aromatic heterocycles. The van der Waals surface area contributed by atoms with Crippen LogP contribution in [0.4, 0.5) is 10.9 Å². The molecule has 0 radical (unpaired) electrons. The highest BCUT2D eigenvalue weighted by Crippen LogP contribution is 2.30. The quantitative estimate of drug-likeness (QED) is 0.736. The largest absolute Gasteiger partial charge is 0.316 e. The van der Waals surface area contributed by atoms with Gasteiger partial charge in [-0.15, -0.1) is 0 Å². The van der Waals surface area contributed by atoms with Gasteiger partial charge in [-0.3, -0.25) is 0 Å². The third-order valence-corrected chi connectivity index (χ3v) is 5.27. The van der Waals surface area contributed by atoms with Crippen molar-refractivity contribution in [2.45, 2.75) is 12.8 Å². The van der Waals surface area contributed by atoms with Crippen LogP contribution < -0.4 is 10.6 Å². The maximum absolute atomic E-state index is 4.48. The van der Waals surface area contributed by atoms with Crippen LogP contribution in [0.1, 0.15) is 12.0 Å². The van der Waals surface area contributed by atoms with Gasteiger partial charge in [0.05, 0.1) is 4.88 Å². The van der Waals surface area contributed by atoms with Crippen LogP contribution in [0.25, 0.3) is 10.4 Å². The average Bonchev–Trinajstić information content (AvgIpc) is 3.28. The van der Waals surface area contributed by atoms with Gasteiger partial charge in [-0.1, -0.05) is 41.7 Å². The Bertz CT molecular complexity index is 794. The Labute approximate surface area is 146 Å². The van der Waals surface area contributed by atoms with E-state index in [0.29, 0.717) is 0 Å². The van der Waals surface area contributed by atoms with Gasteiger partial charge in [0.15, 0.2) is 5.13 Å². The minimum Gasteiger partial charge on any atom is -0.316 e. The van der Waals surface area contributed by atoms with Crippen LogP contribution in [0.15, 0.2) is 54.9 Å². The van der Waals surface area contributed by atoms with Gasteiger partial charge >= 0.3 is 0 Å². The summed E-state index contributed by atoms with van der Waals surface area (Å²) in [6.07, 6.45) is 6.16. The summed E-state index contributed by atoms with van der Waals surface area (Å²) in [5.41, 5.74) is 2.53. The second-order valence-corrected chi connectivity index (χ2v) is 7.16. The third-order valence-electron chi connectivity index (χ3n) is 4.31. The molecule has 0 amide bonds. The molecular formula is C19H20N4S. The lowest BCUT2D eigenvalue weighted by molar-refractivity contribution is 0.580. The topological polar surface area (TPSA) is 49.8 Å². The fourth-order valence-corrected chi connectivity index (χ4v) is 3.90. The van der Waals surface area contributed by atoms with Crippen molar-refractivity contribution < 1.29 is 0 Å². The molecule has 24 heavy (non-hydrogen) atoms. The lowest BCUT2D eigenvalue weighted by Gasteiger charge is -2.09. The number of benzene rings is 1. The van der Waals surface area contributed by atoms with E-state index in [9.17, 15) is 0 Å². The van der Waals surface area contributed by atoms with Crippen LogP contribution in [0.5, 0.6) is 0 Å². The van der Waals surface area contributed by atoms with Crippen molar-refractivity contribution in [2.24, 2.45) is 5.92 Å². The molecule has 122 valence electrons. The summed E-state index contributed by atoms with van der Waals surface area (Å²) in [7, 11) is 0. The normalized spacial score (nSPS) is 17.1. The summed E-state index contributed by atoms with van der Waals surface area (Å²) in [6.45, 7) is 2.26. The Kier molecular flexibility index (Phi) is 4.53. The summed E-state index contributed by atoms with van der Waals surface area (Å²) in [5, 5.41) is 7.64. The molecule has 0 aliphatic carbocycles. The van der Waals surface area contributed by atoms with Crippen molar-refractivity contribution in [3.8, 4) is 10.4 Å². The summed E-state index contributed by atoms with van der Waals surface area (Å²) in [6, 6.07) is 14.6. The van der Waals surface area contributed by atoms with Gasteiger partial charge in [-0.05, 0) is 55.1 Å². The zero-order chi connectivity index (χ0) is 16.2. The third kappa shape index (κ3) is 3.63. The van der Waals surface area contributed by atoms with Crippen LogP contribution in [-0.2, 0) is 6.42 Å². The van der Waals surface area contributed by atoms with Gasteiger partial charge < -0.3 is 10.6 Å². The molecule has 1 fully saturated rings. The first-order valence-corrected chi connectivity index (χ1v) is 9.12. The van der Waals surface area contributed by atoms with Crippen molar-refractivity contribution in [3.63, 3.8) is 0 Å². The van der Waals surface area contributed by atoms with Gasteiger partial charge in [0, 0.05) is 12.4 Å². The highest BCUT2D eigenvalue weighted by Gasteiger charge is 2.15. The highest BCUT2D eigenvalue weighted by atomic mass is 32.1. The zero-order valence-electron chi connectivity index (χ0n) is 13.4. The maximum Gasteiger partial charge on any atom is 0.188 e. The molecule has 1 aromatic carbocycles. The maximum atomic E-state index is 4.48. The van der Waals surface area contributed by atoms with Crippen molar-refractivity contribution in [2.75, 3.05) is 18.4 Å². The molecule has 0 spiro atoms. The number of anilines is 2. The number of thiazole rings is 1. The summed E-state index contributed by atoms with van der Waals surface area (Å²) in [4.78, 5) is 10.1. The van der Waals surface area contributed by atoms with E-state index in [1.165, 1.54) is 17.5 Å². The molecule has 0 saturated carbocycles. The SMILES string of the molecule is c1ccc(-c2cnc(Nc3cc(C[C@@H]4CCNC4)ccn3)s2)cc1. The number of hydrogen-bond donors (Lipinski definition) is 2. The molecule has 0 unspecified atom stereocenters. The van der Waals surface area contributed by atoms with Gasteiger partial charge in [0.25, 0.3) is 0 Å². The predicted molar refractivity (Wildman–Crippen MR) is 99.8 cm³/mol. The first-order chi connectivity index (χ1) is 11.9. The van der Waals surface area contributed by atoms with E-state index in [2.05, 4.69) is 44.9 Å². The van der Waals surface area contributed by atoms with E-state index in [0.717, 1.165) is 41.3 Å². The van der Waals surface area contributed by atoms with Gasteiger partial charge in [0.2, 0.25) is 0 Å². The second-order valence-electron chi connectivity index (χ2n) is 6.13. The monoisotopic (exact) mass is 336 g/mol. The fourth-order valence-electron chi connectivity index (χ4n) is 3.07. The first-order valence-electron chi connectivity index (χ1n) is 8.31. The number of aromatic nitrogens is 2. The van der Waals surface area contributed by atoms with Gasteiger partial charge in [-0.2, -0.15) is 0 Å². The van der Waals surface area contributed by atoms with Crippen molar-refractivity contribution in [3.05, 3.63) is 60.4 Å². The standard InChI is InChI=1S/C19H20N4S/c1-2-4-16(5-3-1)17-13-22-19(24-17)23-18-11-14(7-9-21-18)10-15-6-8-20-12-15/h1-5,7,9,11,13,15,20H,6,8,10,12H2,(H,21,22,23)/t15-/m0/s1. The van der Waals surface area contributed by atoms with Gasteiger partial charge in [-0.25, -0.2) is 9.97 Å². The molecular weight excluding hydrogens is 316 g/mol. The molecule has 3 aromatic rings. The van der Waals surface area contributed by atoms with Crippen LogP contribution in [0.3, 0.4) is 0 Å². The molecule has 2 N–H and O–H groups in total. The van der Waals surface area contributed by atoms with Crippen molar-refractivity contribution in [1.29, 1.82) is 0 Å². The number of pyridine rings is 1. The molecule has 4 nitrogen and oxygen atoms in total. The molecule has 1 aliphatic heterocycles. The smallest absolute Gasteiger partial charge is 0.188 e. The van der Waals surface area contributed by atoms with Crippen LogP contribution in [0.2, 0.25) is 0 Å². The molecule has 3 heterocycles. The Morgan fingerprint density at radius 1 is 1.17 bits per heavy atom. The number of rotatable bonds is 5. The molecule has 0 bridgehead atoms.